The van der Waals surface area contributed by atoms with E-state index in [2.05, 4.69) is 11.6 Å². The third kappa shape index (κ3) is 4.84. The molecule has 2 N–H and O–H groups in total. The lowest BCUT2D eigenvalue weighted by atomic mass is 10.1. The Hall–Kier alpha value is -3.42. The molecule has 4 aromatic rings. The number of hydrogen-bond donors (Lipinski definition) is 1. The van der Waals surface area contributed by atoms with Gasteiger partial charge in [-0.25, -0.2) is 13.2 Å². The van der Waals surface area contributed by atoms with Gasteiger partial charge in [-0.2, -0.15) is 0 Å². The molecule has 0 aliphatic carbocycles. The van der Waals surface area contributed by atoms with E-state index in [0.717, 1.165) is 27.0 Å². The van der Waals surface area contributed by atoms with Gasteiger partial charge in [0, 0.05) is 12.4 Å². The van der Waals surface area contributed by atoms with Crippen molar-refractivity contribution in [3.05, 3.63) is 96.0 Å². The van der Waals surface area contributed by atoms with Crippen LogP contribution in [0.5, 0.6) is 11.5 Å². The lowest BCUT2D eigenvalue weighted by Crippen LogP contribution is -2.25. The van der Waals surface area contributed by atoms with Crippen LogP contribution in [0.3, 0.4) is 0 Å². The third-order valence-electron chi connectivity index (χ3n) is 5.49. The molecule has 6 nitrogen and oxygen atoms in total. The summed E-state index contributed by atoms with van der Waals surface area (Å²) in [6.07, 6.45) is 4.15. The minimum Gasteiger partial charge on any atom is -0.500 e. The second kappa shape index (κ2) is 9.60. The molecule has 0 spiro atoms. The Bertz CT molecular complexity index is 1310. The molecule has 0 saturated heterocycles. The zero-order chi connectivity index (χ0) is 23.5. The van der Waals surface area contributed by atoms with Crippen LogP contribution in [0.4, 0.5) is 0 Å². The van der Waals surface area contributed by atoms with Crippen LogP contribution in [-0.2, 0) is 22.1 Å². The Morgan fingerprint density at radius 1 is 1.12 bits per heavy atom. The molecule has 2 heterocycles. The van der Waals surface area contributed by atoms with Crippen molar-refractivity contribution in [1.82, 2.24) is 8.96 Å². The van der Waals surface area contributed by atoms with Gasteiger partial charge in [0.2, 0.25) is 0 Å². The molecule has 0 aliphatic heterocycles. The summed E-state index contributed by atoms with van der Waals surface area (Å²) in [5.41, 5.74) is 9.82. The number of fused-ring (bicyclic) bond motifs is 1. The summed E-state index contributed by atoms with van der Waals surface area (Å²) in [6, 6.07) is 17.0. The maximum absolute atomic E-state index is 13.2. The minimum absolute atomic E-state index is 0.265. The molecule has 4 rings (SSSR count). The van der Waals surface area contributed by atoms with Gasteiger partial charge in [0.15, 0.2) is 16.6 Å². The van der Waals surface area contributed by atoms with Crippen molar-refractivity contribution in [2.24, 2.45) is 5.73 Å². The van der Waals surface area contributed by atoms with Crippen LogP contribution in [0, 0.1) is 13.8 Å². The van der Waals surface area contributed by atoms with E-state index in [1.54, 1.807) is 17.3 Å². The van der Waals surface area contributed by atoms with Gasteiger partial charge in [0.1, 0.15) is 17.3 Å². The Morgan fingerprint density at radius 3 is 2.48 bits per heavy atom. The molecule has 33 heavy (non-hydrogen) atoms. The molecule has 0 saturated carbocycles. The van der Waals surface area contributed by atoms with Crippen LogP contribution in [0.25, 0.3) is 11.0 Å². The summed E-state index contributed by atoms with van der Waals surface area (Å²) >= 11 is 0. The predicted molar refractivity (Wildman–Crippen MR) is 132 cm³/mol. The number of methoxy groups -OCH3 is 1. The highest BCUT2D eigenvalue weighted by Crippen LogP contribution is 2.33. The quantitative estimate of drug-likeness (QED) is 0.372. The highest BCUT2D eigenvalue weighted by Gasteiger charge is 2.17. The number of aromatic nitrogens is 2. The number of pyridine rings is 1. The fourth-order valence-corrected chi connectivity index (χ4v) is 4.74. The van der Waals surface area contributed by atoms with Crippen molar-refractivity contribution >= 4 is 22.0 Å². The first-order valence-corrected chi connectivity index (χ1v) is 11.7. The number of ether oxygens (including phenoxy) is 2. The fraction of sp³-hybridized carbons (Fsp3) is 0.192. The highest BCUT2D eigenvalue weighted by atomic mass is 32.2. The normalized spacial score (nSPS) is 13.0. The van der Waals surface area contributed by atoms with Crippen molar-refractivity contribution in [2.45, 2.75) is 31.2 Å². The summed E-state index contributed by atoms with van der Waals surface area (Å²) < 4.78 is 26.2. The maximum Gasteiger partial charge on any atom is 0.158 e. The second-order valence-electron chi connectivity index (χ2n) is 7.93. The predicted octanol–water partition coefficient (Wildman–Crippen LogP) is 5.05. The van der Waals surface area contributed by atoms with Gasteiger partial charge in [-0.1, -0.05) is 36.4 Å². The van der Waals surface area contributed by atoms with Crippen molar-refractivity contribution in [2.75, 3.05) is 7.11 Å². The first-order valence-electron chi connectivity index (χ1n) is 10.6. The number of aryl methyl sites for hydroxylation is 2. The summed E-state index contributed by atoms with van der Waals surface area (Å²) in [7, 11) is 0.162. The third-order valence-corrected chi connectivity index (χ3v) is 6.80. The number of nitrogens with two attached hydrogens (primary N) is 1. The van der Waals surface area contributed by atoms with E-state index in [4.69, 9.17) is 15.2 Å². The lowest BCUT2D eigenvalue weighted by molar-refractivity contribution is 0.266. The monoisotopic (exact) mass is 461 g/mol. The molecule has 2 aromatic heterocycles. The van der Waals surface area contributed by atoms with E-state index in [-0.39, 0.29) is 6.04 Å². The van der Waals surface area contributed by atoms with E-state index >= 15 is 0 Å². The van der Waals surface area contributed by atoms with Gasteiger partial charge in [0.25, 0.3) is 0 Å². The van der Waals surface area contributed by atoms with Gasteiger partial charge < -0.3 is 15.2 Å². The molecule has 2 unspecified atom stereocenters. The topological polar surface area (TPSA) is 79.4 Å². The zero-order valence-electron chi connectivity index (χ0n) is 18.9. The molecule has 170 valence electrons. The average Bonchev–Trinajstić information content (AvgIpc) is 3.17. The minimum atomic E-state index is -1.41. The molecule has 0 amide bonds. The van der Waals surface area contributed by atoms with Gasteiger partial charge in [-0.05, 0) is 61.7 Å². The molecular formula is C26H27N3O3S. The van der Waals surface area contributed by atoms with E-state index in [0.29, 0.717) is 29.3 Å². The molecule has 2 atom stereocenters. The molecule has 0 aliphatic rings. The summed E-state index contributed by atoms with van der Waals surface area (Å²) in [6.45, 7) is 7.79. The van der Waals surface area contributed by atoms with Gasteiger partial charge in [-0.15, -0.1) is 0 Å². The second-order valence-corrected chi connectivity index (χ2v) is 9.30. The Balaban J connectivity index is 1.60. The number of rotatable bonds is 8. The van der Waals surface area contributed by atoms with Crippen LogP contribution in [0.2, 0.25) is 0 Å². The highest BCUT2D eigenvalue weighted by molar-refractivity contribution is 7.83. The lowest BCUT2D eigenvalue weighted by Gasteiger charge is -2.14. The smallest absolute Gasteiger partial charge is 0.158 e. The van der Waals surface area contributed by atoms with E-state index in [9.17, 15) is 4.21 Å². The van der Waals surface area contributed by atoms with Crippen molar-refractivity contribution < 1.29 is 13.7 Å². The first-order chi connectivity index (χ1) is 15.9. The van der Waals surface area contributed by atoms with E-state index < -0.39 is 11.0 Å². The van der Waals surface area contributed by atoms with Crippen molar-refractivity contribution in [1.29, 1.82) is 0 Å². The van der Waals surface area contributed by atoms with Crippen molar-refractivity contribution in [3.8, 4) is 11.5 Å². The summed E-state index contributed by atoms with van der Waals surface area (Å²) in [5, 5.41) is 0.834. The van der Waals surface area contributed by atoms with Crippen molar-refractivity contribution in [3.63, 3.8) is 0 Å². The molecule has 0 radical (unpaired) electrons. The van der Waals surface area contributed by atoms with Crippen LogP contribution in [0.1, 0.15) is 16.7 Å². The maximum atomic E-state index is 13.2. The van der Waals surface area contributed by atoms with Gasteiger partial charge >= 0.3 is 0 Å². The van der Waals surface area contributed by atoms with Crippen LogP contribution >= 0.6 is 0 Å². The molecule has 2 aromatic carbocycles. The van der Waals surface area contributed by atoms with Crippen LogP contribution in [0.15, 0.2) is 84.2 Å². The van der Waals surface area contributed by atoms with Crippen LogP contribution < -0.4 is 10.5 Å². The molecular weight excluding hydrogens is 434 g/mol. The van der Waals surface area contributed by atoms with Gasteiger partial charge in [-0.3, -0.25) is 0 Å². The molecule has 0 bridgehead atoms. The molecule has 7 heteroatoms. The SMILES string of the molecule is C=C(OC)C(N)Cc1ccc(Oc2ccnc3c2c(C)cn3S(=O)c2ccc(C)cc2)cc1. The largest absolute Gasteiger partial charge is 0.500 e. The fourth-order valence-electron chi connectivity index (χ4n) is 3.59. The van der Waals surface area contributed by atoms with E-state index in [1.807, 2.05) is 74.6 Å². The molecule has 0 fully saturated rings. The Kier molecular flexibility index (Phi) is 6.62. The van der Waals surface area contributed by atoms with E-state index in [1.165, 1.54) is 0 Å². The first kappa shape index (κ1) is 22.8. The standard InChI is InChI=1S/C26H27N3O3S/c1-17-5-11-22(12-6-17)33(30)29-16-18(2)25-24(13-14-28-26(25)29)32-21-9-7-20(8-10-21)15-23(27)19(3)31-4/h5-14,16,23H,3,15,27H2,1-2,4H3. The summed E-state index contributed by atoms with van der Waals surface area (Å²) in [5.74, 6) is 1.91. The van der Waals surface area contributed by atoms with Crippen LogP contribution in [-0.4, -0.2) is 26.3 Å². The average molecular weight is 462 g/mol. The number of nitrogens with zero attached hydrogens (tertiary/aromatic N) is 2. The number of hydrogen-bond acceptors (Lipinski definition) is 5. The number of benzene rings is 2. The Morgan fingerprint density at radius 2 is 1.82 bits per heavy atom. The van der Waals surface area contributed by atoms with Gasteiger partial charge in [0.05, 0.1) is 23.4 Å². The summed E-state index contributed by atoms with van der Waals surface area (Å²) in [4.78, 5) is 5.21. The zero-order valence-corrected chi connectivity index (χ0v) is 19.8. The Labute approximate surface area is 196 Å².